The molecule has 0 aromatic heterocycles. The van der Waals surface area contributed by atoms with Crippen molar-refractivity contribution < 1.29 is 13.2 Å². The van der Waals surface area contributed by atoms with Crippen LogP contribution in [0, 0.1) is 0 Å². The van der Waals surface area contributed by atoms with Crippen LogP contribution < -0.4 is 15.4 Å². The molecule has 0 bridgehead atoms. The van der Waals surface area contributed by atoms with Crippen molar-refractivity contribution in [2.24, 2.45) is 10.1 Å². The summed E-state index contributed by atoms with van der Waals surface area (Å²) in [5, 5.41) is -0.191. The predicted molar refractivity (Wildman–Crippen MR) is 72.8 cm³/mol. The molecule has 0 saturated heterocycles. The third-order valence-corrected chi connectivity index (χ3v) is 4.21. The van der Waals surface area contributed by atoms with Gasteiger partial charge in [0.25, 0.3) is 10.0 Å². The maximum atomic E-state index is 11.4. The highest BCUT2D eigenvalue weighted by Crippen LogP contribution is 2.31. The molecule has 1 aromatic carbocycles. The van der Waals surface area contributed by atoms with E-state index in [1.54, 1.807) is 0 Å². The maximum Gasteiger partial charge on any atom is 0.297 e. The normalized spacial score (nSPS) is 20.3. The van der Waals surface area contributed by atoms with Crippen molar-refractivity contribution in [2.45, 2.75) is 0 Å². The van der Waals surface area contributed by atoms with E-state index in [0.717, 1.165) is 11.4 Å². The van der Waals surface area contributed by atoms with Gasteiger partial charge in [-0.05, 0) is 18.2 Å². The molecule has 0 radical (unpaired) electrons. The first kappa shape index (κ1) is 12.0. The third kappa shape index (κ3) is 2.17. The van der Waals surface area contributed by atoms with Crippen molar-refractivity contribution in [1.29, 1.82) is 0 Å². The summed E-state index contributed by atoms with van der Waals surface area (Å²) < 4.78 is 32.1. The predicted octanol–water partition coefficient (Wildman–Crippen LogP) is 0.470. The van der Waals surface area contributed by atoms with Gasteiger partial charge in [-0.1, -0.05) is 12.1 Å². The van der Waals surface area contributed by atoms with Crippen LogP contribution >= 0.6 is 0 Å². The minimum atomic E-state index is -3.63. The van der Waals surface area contributed by atoms with Crippen molar-refractivity contribution in [3.05, 3.63) is 35.4 Å². The Bertz CT molecular complexity index is 679. The maximum absolute atomic E-state index is 11.4. The summed E-state index contributed by atoms with van der Waals surface area (Å²) in [6, 6.07) is 7.64. The standard InChI is InChI=1S/C12H13N3O3S/c13-12-7-9(14-19(12,16)17)8-15-5-6-18-11-4-2-1-3-10(11)15/h1-4,7H,5-6,8,13H2. The van der Waals surface area contributed by atoms with Crippen LogP contribution in [-0.4, -0.2) is 33.8 Å². The van der Waals surface area contributed by atoms with E-state index in [1.807, 2.05) is 29.2 Å². The average Bonchev–Trinajstić information content (AvgIpc) is 2.63. The summed E-state index contributed by atoms with van der Waals surface area (Å²) in [5.41, 5.74) is 6.81. The molecule has 0 amide bonds. The van der Waals surface area contributed by atoms with E-state index in [1.165, 1.54) is 6.08 Å². The monoisotopic (exact) mass is 279 g/mol. The Kier molecular flexibility index (Phi) is 2.70. The second-order valence-corrected chi connectivity index (χ2v) is 5.95. The van der Waals surface area contributed by atoms with Crippen LogP contribution in [0.4, 0.5) is 5.69 Å². The number of nitrogens with two attached hydrogens (primary N) is 1. The Hall–Kier alpha value is -2.02. The minimum absolute atomic E-state index is 0.191. The molecule has 2 heterocycles. The quantitative estimate of drug-likeness (QED) is 0.850. The van der Waals surface area contributed by atoms with Crippen LogP contribution in [0.2, 0.25) is 0 Å². The van der Waals surface area contributed by atoms with Gasteiger partial charge in [-0.25, -0.2) is 0 Å². The SMILES string of the molecule is NC1=CC(CN2CCOc3ccccc32)=NS1(=O)=O. The van der Waals surface area contributed by atoms with Gasteiger partial charge in [0.2, 0.25) is 0 Å². The number of fused-ring (bicyclic) bond motifs is 1. The highest BCUT2D eigenvalue weighted by atomic mass is 32.2. The number of sulfonamides is 1. The van der Waals surface area contributed by atoms with Gasteiger partial charge in [-0.15, -0.1) is 0 Å². The van der Waals surface area contributed by atoms with E-state index in [4.69, 9.17) is 10.5 Å². The zero-order chi connectivity index (χ0) is 13.5. The summed E-state index contributed by atoms with van der Waals surface area (Å²) >= 11 is 0. The molecule has 7 heteroatoms. The van der Waals surface area contributed by atoms with E-state index < -0.39 is 10.0 Å². The molecule has 0 atom stereocenters. The van der Waals surface area contributed by atoms with Gasteiger partial charge in [0.15, 0.2) is 5.03 Å². The third-order valence-electron chi connectivity index (χ3n) is 3.02. The van der Waals surface area contributed by atoms with Crippen molar-refractivity contribution in [1.82, 2.24) is 0 Å². The fraction of sp³-hybridized carbons (Fsp3) is 0.250. The van der Waals surface area contributed by atoms with Gasteiger partial charge >= 0.3 is 0 Å². The zero-order valence-corrected chi connectivity index (χ0v) is 10.9. The number of benzene rings is 1. The second-order valence-electron chi connectivity index (χ2n) is 4.34. The number of rotatable bonds is 2. The fourth-order valence-electron chi connectivity index (χ4n) is 2.13. The molecule has 6 nitrogen and oxygen atoms in total. The highest BCUT2D eigenvalue weighted by Gasteiger charge is 2.25. The summed E-state index contributed by atoms with van der Waals surface area (Å²) in [4.78, 5) is 2.03. The first-order chi connectivity index (χ1) is 9.06. The van der Waals surface area contributed by atoms with Gasteiger partial charge in [-0.2, -0.15) is 12.8 Å². The molecular formula is C12H13N3O3S. The number of anilines is 1. The average molecular weight is 279 g/mol. The van der Waals surface area contributed by atoms with Crippen molar-refractivity contribution in [3.8, 4) is 5.75 Å². The molecule has 19 heavy (non-hydrogen) atoms. The van der Waals surface area contributed by atoms with Crippen molar-refractivity contribution in [2.75, 3.05) is 24.6 Å². The minimum Gasteiger partial charge on any atom is -0.490 e. The first-order valence-electron chi connectivity index (χ1n) is 5.84. The Labute approximate surface area is 111 Å². The molecule has 2 aliphatic heterocycles. The van der Waals surface area contributed by atoms with Crippen LogP contribution in [0.1, 0.15) is 0 Å². The molecule has 0 spiro atoms. The molecule has 0 fully saturated rings. The van der Waals surface area contributed by atoms with Crippen LogP contribution in [0.5, 0.6) is 5.75 Å². The molecule has 0 unspecified atom stereocenters. The lowest BCUT2D eigenvalue weighted by Gasteiger charge is -2.30. The number of hydrogen-bond donors (Lipinski definition) is 1. The Morgan fingerprint density at radius 2 is 2.16 bits per heavy atom. The first-order valence-corrected chi connectivity index (χ1v) is 7.28. The molecule has 3 rings (SSSR count). The number of ether oxygens (including phenoxy) is 1. The largest absolute Gasteiger partial charge is 0.490 e. The van der Waals surface area contributed by atoms with E-state index >= 15 is 0 Å². The highest BCUT2D eigenvalue weighted by molar-refractivity contribution is 7.94. The molecule has 2 N–H and O–H groups in total. The number of para-hydroxylation sites is 2. The molecule has 2 aliphatic rings. The fourth-order valence-corrected chi connectivity index (χ4v) is 2.94. The van der Waals surface area contributed by atoms with Crippen LogP contribution in [-0.2, 0) is 10.0 Å². The van der Waals surface area contributed by atoms with Gasteiger partial charge in [0.05, 0.1) is 24.5 Å². The lowest BCUT2D eigenvalue weighted by atomic mass is 10.2. The van der Waals surface area contributed by atoms with Gasteiger partial charge in [-0.3, -0.25) is 0 Å². The van der Waals surface area contributed by atoms with E-state index in [0.29, 0.717) is 25.4 Å². The van der Waals surface area contributed by atoms with Crippen molar-refractivity contribution in [3.63, 3.8) is 0 Å². The van der Waals surface area contributed by atoms with Gasteiger partial charge < -0.3 is 15.4 Å². The second kappa shape index (κ2) is 4.27. The van der Waals surface area contributed by atoms with Crippen LogP contribution in [0.25, 0.3) is 0 Å². The summed E-state index contributed by atoms with van der Waals surface area (Å²) in [5.74, 6) is 0.798. The smallest absolute Gasteiger partial charge is 0.297 e. The van der Waals surface area contributed by atoms with E-state index in [2.05, 4.69) is 4.40 Å². The Morgan fingerprint density at radius 1 is 1.37 bits per heavy atom. The van der Waals surface area contributed by atoms with Crippen molar-refractivity contribution >= 4 is 21.4 Å². The van der Waals surface area contributed by atoms with Crippen LogP contribution in [0.3, 0.4) is 0 Å². The Morgan fingerprint density at radius 3 is 2.89 bits per heavy atom. The summed E-state index contributed by atoms with van der Waals surface area (Å²) in [6.45, 7) is 1.65. The molecule has 1 aromatic rings. The molecule has 0 aliphatic carbocycles. The number of hydrogen-bond acceptors (Lipinski definition) is 5. The molecular weight excluding hydrogens is 266 g/mol. The Balaban J connectivity index is 1.87. The van der Waals surface area contributed by atoms with Crippen LogP contribution in [0.15, 0.2) is 39.8 Å². The molecule has 0 saturated carbocycles. The number of nitrogens with zero attached hydrogens (tertiary/aromatic N) is 2. The summed E-state index contributed by atoms with van der Waals surface area (Å²) in [6.07, 6.45) is 1.41. The lowest BCUT2D eigenvalue weighted by molar-refractivity contribution is 0.310. The topological polar surface area (TPSA) is 85.0 Å². The van der Waals surface area contributed by atoms with Gasteiger partial charge in [0.1, 0.15) is 12.4 Å². The van der Waals surface area contributed by atoms with Gasteiger partial charge in [0, 0.05) is 0 Å². The van der Waals surface area contributed by atoms with E-state index in [-0.39, 0.29) is 5.03 Å². The lowest BCUT2D eigenvalue weighted by Crippen LogP contribution is -2.36. The summed E-state index contributed by atoms with van der Waals surface area (Å²) in [7, 11) is -3.63. The molecule has 100 valence electrons. The van der Waals surface area contributed by atoms with E-state index in [9.17, 15) is 8.42 Å². The zero-order valence-electron chi connectivity index (χ0n) is 10.1.